The zero-order chi connectivity index (χ0) is 10.4. The Labute approximate surface area is 93.0 Å². The predicted octanol–water partition coefficient (Wildman–Crippen LogP) is 0.0414. The molecule has 0 aromatic heterocycles. The fourth-order valence-electron chi connectivity index (χ4n) is 3.78. The second kappa shape index (κ2) is 3.72. The van der Waals surface area contributed by atoms with Crippen LogP contribution >= 0.6 is 0 Å². The molecule has 3 aliphatic heterocycles. The molecule has 0 bridgehead atoms. The summed E-state index contributed by atoms with van der Waals surface area (Å²) in [5.74, 6) is 2.92. The van der Waals surface area contributed by atoms with Gasteiger partial charge in [0.05, 0.1) is 0 Å². The van der Waals surface area contributed by atoms with E-state index in [1.807, 2.05) is 0 Å². The van der Waals surface area contributed by atoms with Gasteiger partial charge in [-0.25, -0.2) is 0 Å². The number of rotatable bonds is 2. The molecule has 3 heteroatoms. The van der Waals surface area contributed by atoms with E-state index >= 15 is 0 Å². The second-order valence-corrected chi connectivity index (χ2v) is 6.05. The summed E-state index contributed by atoms with van der Waals surface area (Å²) in [6.45, 7) is 9.43. The van der Waals surface area contributed by atoms with Gasteiger partial charge in [0, 0.05) is 45.8 Å². The normalized spacial score (nSPS) is 39.6. The molecule has 15 heavy (non-hydrogen) atoms. The summed E-state index contributed by atoms with van der Waals surface area (Å²) in [4.78, 5) is 7.65. The highest BCUT2D eigenvalue weighted by molar-refractivity contribution is 4.93. The molecule has 0 aromatic carbocycles. The Kier molecular flexibility index (Phi) is 2.49. The van der Waals surface area contributed by atoms with Crippen LogP contribution in [0.3, 0.4) is 0 Å². The molecule has 0 radical (unpaired) electrons. The van der Waals surface area contributed by atoms with Crippen LogP contribution in [0.15, 0.2) is 0 Å². The lowest BCUT2D eigenvalue weighted by Crippen LogP contribution is -2.49. The third-order valence-corrected chi connectivity index (χ3v) is 4.40. The summed E-state index contributed by atoms with van der Waals surface area (Å²) in [6.07, 6.45) is 0. The van der Waals surface area contributed by atoms with Gasteiger partial charge in [0.2, 0.25) is 0 Å². The maximum atomic E-state index is 2.72. The smallest absolute Gasteiger partial charge is 0.00344 e. The molecule has 0 amide bonds. The van der Waals surface area contributed by atoms with Crippen LogP contribution in [0.4, 0.5) is 0 Å². The number of nitrogens with zero attached hydrogens (tertiary/aromatic N) is 3. The van der Waals surface area contributed by atoms with E-state index in [9.17, 15) is 0 Å². The van der Waals surface area contributed by atoms with Gasteiger partial charge in [-0.1, -0.05) is 0 Å². The minimum atomic E-state index is 0.964. The molecule has 3 aliphatic rings. The van der Waals surface area contributed by atoms with Crippen molar-refractivity contribution in [3.8, 4) is 0 Å². The quantitative estimate of drug-likeness (QED) is 0.636. The van der Waals surface area contributed by atoms with Crippen molar-refractivity contribution >= 4 is 0 Å². The van der Waals surface area contributed by atoms with Gasteiger partial charge in [0.15, 0.2) is 0 Å². The second-order valence-electron chi connectivity index (χ2n) is 6.05. The third kappa shape index (κ3) is 1.93. The first kappa shape index (κ1) is 10.1. The zero-order valence-corrected chi connectivity index (χ0v) is 10.0. The molecule has 2 unspecified atom stereocenters. The highest BCUT2D eigenvalue weighted by Gasteiger charge is 2.39. The standard InChI is InChI=1S/C12H23N3/c1-13-3-10(4-13)5-15-8-11-6-14(2)7-12(11)9-15/h10-12H,3-9H2,1-2H3. The molecular formula is C12H23N3. The molecule has 0 saturated carbocycles. The lowest BCUT2D eigenvalue weighted by Gasteiger charge is -2.38. The first-order valence-electron chi connectivity index (χ1n) is 6.30. The van der Waals surface area contributed by atoms with Crippen molar-refractivity contribution in [2.75, 3.05) is 59.9 Å². The van der Waals surface area contributed by atoms with Crippen molar-refractivity contribution in [2.24, 2.45) is 17.8 Å². The monoisotopic (exact) mass is 209 g/mol. The largest absolute Gasteiger partial charge is 0.306 e. The van der Waals surface area contributed by atoms with E-state index in [2.05, 4.69) is 28.8 Å². The summed E-state index contributed by atoms with van der Waals surface area (Å²) in [7, 11) is 4.49. The van der Waals surface area contributed by atoms with Crippen LogP contribution < -0.4 is 0 Å². The van der Waals surface area contributed by atoms with E-state index in [0.717, 1.165) is 17.8 Å². The lowest BCUT2D eigenvalue weighted by molar-refractivity contribution is 0.0955. The van der Waals surface area contributed by atoms with Crippen molar-refractivity contribution < 1.29 is 0 Å². The van der Waals surface area contributed by atoms with E-state index in [0.29, 0.717) is 0 Å². The third-order valence-electron chi connectivity index (χ3n) is 4.40. The highest BCUT2D eigenvalue weighted by Crippen LogP contribution is 2.31. The van der Waals surface area contributed by atoms with Gasteiger partial charge in [-0.05, 0) is 31.8 Å². The minimum Gasteiger partial charge on any atom is -0.306 e. The molecule has 3 nitrogen and oxygen atoms in total. The van der Waals surface area contributed by atoms with Crippen molar-refractivity contribution in [3.05, 3.63) is 0 Å². The summed E-state index contributed by atoms with van der Waals surface area (Å²) in [5, 5.41) is 0. The Hall–Kier alpha value is -0.120. The molecule has 0 N–H and O–H groups in total. The van der Waals surface area contributed by atoms with E-state index < -0.39 is 0 Å². The predicted molar refractivity (Wildman–Crippen MR) is 61.9 cm³/mol. The Balaban J connectivity index is 1.47. The average Bonchev–Trinajstić information content (AvgIpc) is 2.58. The van der Waals surface area contributed by atoms with Gasteiger partial charge < -0.3 is 14.7 Å². The van der Waals surface area contributed by atoms with Crippen LogP contribution in [-0.2, 0) is 0 Å². The fraction of sp³-hybridized carbons (Fsp3) is 1.00. The number of likely N-dealkylation sites (tertiary alicyclic amines) is 3. The van der Waals surface area contributed by atoms with Crippen molar-refractivity contribution in [1.29, 1.82) is 0 Å². The molecule has 0 aliphatic carbocycles. The van der Waals surface area contributed by atoms with Gasteiger partial charge >= 0.3 is 0 Å². The van der Waals surface area contributed by atoms with Crippen LogP contribution in [0.5, 0.6) is 0 Å². The van der Waals surface area contributed by atoms with Gasteiger partial charge in [-0.2, -0.15) is 0 Å². The first-order chi connectivity index (χ1) is 7.20. The highest BCUT2D eigenvalue weighted by atomic mass is 15.2. The van der Waals surface area contributed by atoms with E-state index in [1.165, 1.54) is 45.8 Å². The summed E-state index contributed by atoms with van der Waals surface area (Å²) in [5.41, 5.74) is 0. The van der Waals surface area contributed by atoms with Gasteiger partial charge in [0.1, 0.15) is 0 Å². The molecule has 3 rings (SSSR count). The van der Waals surface area contributed by atoms with Crippen LogP contribution in [0.1, 0.15) is 0 Å². The van der Waals surface area contributed by atoms with Gasteiger partial charge in [0.25, 0.3) is 0 Å². The van der Waals surface area contributed by atoms with Crippen molar-refractivity contribution in [2.45, 2.75) is 0 Å². The topological polar surface area (TPSA) is 9.72 Å². The van der Waals surface area contributed by atoms with E-state index in [4.69, 9.17) is 0 Å². The van der Waals surface area contributed by atoms with Crippen LogP contribution in [0, 0.1) is 17.8 Å². The summed E-state index contributed by atoms with van der Waals surface area (Å²) < 4.78 is 0. The maximum absolute atomic E-state index is 2.72. The van der Waals surface area contributed by atoms with Crippen molar-refractivity contribution in [3.63, 3.8) is 0 Å². The Morgan fingerprint density at radius 1 is 0.800 bits per heavy atom. The van der Waals surface area contributed by atoms with Crippen LogP contribution in [0.2, 0.25) is 0 Å². The number of hydrogen-bond donors (Lipinski definition) is 0. The van der Waals surface area contributed by atoms with Crippen molar-refractivity contribution in [1.82, 2.24) is 14.7 Å². The Bertz CT molecular complexity index is 220. The average molecular weight is 209 g/mol. The molecule has 0 spiro atoms. The lowest BCUT2D eigenvalue weighted by atomic mass is 10.0. The van der Waals surface area contributed by atoms with Crippen LogP contribution in [-0.4, -0.2) is 74.6 Å². The number of fused-ring (bicyclic) bond motifs is 1. The zero-order valence-electron chi connectivity index (χ0n) is 10.0. The molecule has 0 aromatic rings. The Morgan fingerprint density at radius 3 is 1.87 bits per heavy atom. The summed E-state index contributed by atoms with van der Waals surface area (Å²) >= 11 is 0. The Morgan fingerprint density at radius 2 is 1.33 bits per heavy atom. The molecule has 3 saturated heterocycles. The maximum Gasteiger partial charge on any atom is 0.00344 e. The molecule has 3 heterocycles. The molecular weight excluding hydrogens is 186 g/mol. The number of hydrogen-bond acceptors (Lipinski definition) is 3. The molecule has 86 valence electrons. The van der Waals surface area contributed by atoms with Gasteiger partial charge in [-0.15, -0.1) is 0 Å². The molecule has 3 fully saturated rings. The van der Waals surface area contributed by atoms with E-state index in [1.54, 1.807) is 0 Å². The molecule has 2 atom stereocenters. The van der Waals surface area contributed by atoms with E-state index in [-0.39, 0.29) is 0 Å². The van der Waals surface area contributed by atoms with Gasteiger partial charge in [-0.3, -0.25) is 0 Å². The first-order valence-corrected chi connectivity index (χ1v) is 6.30. The SMILES string of the molecule is CN1CC(CN2CC3CN(C)CC3C2)C1. The summed E-state index contributed by atoms with van der Waals surface area (Å²) in [6, 6.07) is 0. The fourth-order valence-corrected chi connectivity index (χ4v) is 3.78. The minimum absolute atomic E-state index is 0.964. The van der Waals surface area contributed by atoms with Crippen LogP contribution in [0.25, 0.3) is 0 Å².